The number of hydrogen-bond acceptors (Lipinski definition) is 2. The van der Waals surface area contributed by atoms with Crippen LogP contribution in [0.15, 0.2) is 0 Å². The third kappa shape index (κ3) is 1.87. The minimum atomic E-state index is -1.91. The summed E-state index contributed by atoms with van der Waals surface area (Å²) >= 11 is 5.31. The van der Waals surface area contributed by atoms with Crippen LogP contribution in [0, 0.1) is 18.3 Å². The molecule has 3 nitrogen and oxygen atoms in total. The normalized spacial score (nSPS) is 37.6. The van der Waals surface area contributed by atoms with Gasteiger partial charge in [-0.15, -0.1) is 6.42 Å². The molecule has 1 heterocycles. The van der Waals surface area contributed by atoms with E-state index in [1.165, 1.54) is 0 Å². The second kappa shape index (κ2) is 3.87. The average molecular weight is 204 g/mol. The Morgan fingerprint density at radius 3 is 2.92 bits per heavy atom. The molecule has 0 bridgehead atoms. The zero-order valence-corrected chi connectivity index (χ0v) is 8.99. The van der Waals surface area contributed by atoms with Crippen LogP contribution in [-0.4, -0.2) is 31.9 Å². The van der Waals surface area contributed by atoms with Crippen LogP contribution in [0.2, 0.25) is 0 Å². The summed E-state index contributed by atoms with van der Waals surface area (Å²) < 4.78 is 7.54. The maximum atomic E-state index is 5.53. The minimum Gasteiger partial charge on any atom is -0.326 e. The first kappa shape index (κ1) is 10.2. The van der Waals surface area contributed by atoms with Gasteiger partial charge in [0.1, 0.15) is 0 Å². The molecule has 12 heavy (non-hydrogen) atoms. The molecule has 2 atom stereocenters. The van der Waals surface area contributed by atoms with Gasteiger partial charge in [-0.25, -0.2) is 4.67 Å². The van der Waals surface area contributed by atoms with Crippen molar-refractivity contribution in [3.05, 3.63) is 0 Å². The Bertz CT molecular complexity index is 250. The molecule has 1 N–H and O–H groups in total. The first-order valence-electron chi connectivity index (χ1n) is 3.73. The van der Waals surface area contributed by atoms with Crippen molar-refractivity contribution in [1.29, 1.82) is 0 Å². The average Bonchev–Trinajstić information content (AvgIpc) is 2.10. The summed E-state index contributed by atoms with van der Waals surface area (Å²) in [7, 11) is 3.77. The Morgan fingerprint density at radius 1 is 1.83 bits per heavy atom. The lowest BCUT2D eigenvalue weighted by atomic mass is 10.2. The van der Waals surface area contributed by atoms with Gasteiger partial charge >= 0.3 is 0 Å². The SMILES string of the molecule is C#CC1COP(=S)(NC)N(C)C1. The Morgan fingerprint density at radius 2 is 2.50 bits per heavy atom. The van der Waals surface area contributed by atoms with Crippen molar-refractivity contribution >= 4 is 18.4 Å². The summed E-state index contributed by atoms with van der Waals surface area (Å²) in [4.78, 5) is 0. The van der Waals surface area contributed by atoms with Crippen LogP contribution in [0.1, 0.15) is 0 Å². The van der Waals surface area contributed by atoms with Crippen molar-refractivity contribution in [2.24, 2.45) is 5.92 Å². The number of hydrogen-bond donors (Lipinski definition) is 1. The number of terminal acetylenes is 1. The van der Waals surface area contributed by atoms with Crippen molar-refractivity contribution < 1.29 is 4.52 Å². The van der Waals surface area contributed by atoms with Gasteiger partial charge in [0.05, 0.1) is 12.5 Å². The molecule has 0 aromatic rings. The van der Waals surface area contributed by atoms with Crippen LogP contribution < -0.4 is 5.09 Å². The number of rotatable bonds is 1. The van der Waals surface area contributed by atoms with E-state index in [0.29, 0.717) is 6.61 Å². The third-order valence-corrected chi connectivity index (χ3v) is 5.73. The van der Waals surface area contributed by atoms with E-state index in [2.05, 4.69) is 11.0 Å². The van der Waals surface area contributed by atoms with Gasteiger partial charge in [0, 0.05) is 6.54 Å². The Labute approximate surface area is 78.7 Å². The molecule has 1 aliphatic rings. The molecule has 1 fully saturated rings. The fourth-order valence-corrected chi connectivity index (χ4v) is 2.95. The lowest BCUT2D eigenvalue weighted by molar-refractivity contribution is 0.218. The highest BCUT2D eigenvalue weighted by molar-refractivity contribution is 8.10. The lowest BCUT2D eigenvalue weighted by Crippen LogP contribution is -2.35. The molecule has 0 aromatic carbocycles. The van der Waals surface area contributed by atoms with Gasteiger partial charge in [0.25, 0.3) is 0 Å². The van der Waals surface area contributed by atoms with Gasteiger partial charge in [-0.1, -0.05) is 5.92 Å². The molecular formula is C7H13N2OPS. The summed E-state index contributed by atoms with van der Waals surface area (Å²) in [6.07, 6.45) is 5.30. The van der Waals surface area contributed by atoms with Crippen LogP contribution >= 0.6 is 6.57 Å². The Hall–Kier alpha value is 0.0900. The summed E-state index contributed by atoms with van der Waals surface area (Å²) in [6.45, 7) is -0.505. The number of nitrogens with one attached hydrogen (secondary N) is 1. The second-order valence-corrected chi connectivity index (χ2v) is 6.66. The van der Waals surface area contributed by atoms with E-state index < -0.39 is 6.57 Å². The van der Waals surface area contributed by atoms with E-state index in [1.807, 2.05) is 18.8 Å². The van der Waals surface area contributed by atoms with Gasteiger partial charge in [-0.2, -0.15) is 0 Å². The van der Waals surface area contributed by atoms with Crippen molar-refractivity contribution in [2.45, 2.75) is 0 Å². The Balaban J connectivity index is 2.67. The molecule has 0 amide bonds. The highest BCUT2D eigenvalue weighted by Gasteiger charge is 2.29. The summed E-state index contributed by atoms with van der Waals surface area (Å²) in [6, 6.07) is 0. The van der Waals surface area contributed by atoms with Crippen LogP contribution in [0.5, 0.6) is 0 Å². The van der Waals surface area contributed by atoms with Crippen molar-refractivity contribution in [3.63, 3.8) is 0 Å². The maximum absolute atomic E-state index is 5.53. The van der Waals surface area contributed by atoms with Gasteiger partial charge < -0.3 is 4.52 Å². The molecule has 0 aromatic heterocycles. The summed E-state index contributed by atoms with van der Waals surface area (Å²) in [5, 5.41) is 3.04. The van der Waals surface area contributed by atoms with E-state index in [4.69, 9.17) is 22.8 Å². The Kier molecular flexibility index (Phi) is 3.28. The first-order chi connectivity index (χ1) is 5.62. The largest absolute Gasteiger partial charge is 0.326 e. The van der Waals surface area contributed by atoms with Crippen molar-refractivity contribution in [2.75, 3.05) is 27.2 Å². The summed E-state index contributed by atoms with van der Waals surface area (Å²) in [5.74, 6) is 2.85. The maximum Gasteiger partial charge on any atom is 0.200 e. The molecule has 0 saturated carbocycles. The van der Waals surface area contributed by atoms with Crippen molar-refractivity contribution in [3.8, 4) is 12.3 Å². The third-order valence-electron chi connectivity index (χ3n) is 1.90. The fraction of sp³-hybridized carbons (Fsp3) is 0.714. The van der Waals surface area contributed by atoms with E-state index in [0.717, 1.165) is 6.54 Å². The fourth-order valence-electron chi connectivity index (χ4n) is 1.10. The second-order valence-electron chi connectivity index (χ2n) is 2.74. The topological polar surface area (TPSA) is 24.5 Å². The molecular weight excluding hydrogens is 191 g/mol. The zero-order chi connectivity index (χ0) is 9.19. The van der Waals surface area contributed by atoms with E-state index in [-0.39, 0.29) is 5.92 Å². The van der Waals surface area contributed by atoms with Gasteiger partial charge in [0.2, 0.25) is 0 Å². The summed E-state index contributed by atoms with van der Waals surface area (Å²) in [5.41, 5.74) is 0. The van der Waals surface area contributed by atoms with Gasteiger partial charge in [0.15, 0.2) is 6.57 Å². The highest BCUT2D eigenvalue weighted by Crippen LogP contribution is 2.48. The van der Waals surface area contributed by atoms with Crippen LogP contribution in [-0.2, 0) is 16.3 Å². The highest BCUT2D eigenvalue weighted by atomic mass is 32.5. The molecule has 0 spiro atoms. The first-order valence-corrected chi connectivity index (χ1v) is 6.41. The van der Waals surface area contributed by atoms with E-state index >= 15 is 0 Å². The van der Waals surface area contributed by atoms with E-state index in [1.54, 1.807) is 0 Å². The molecule has 0 aliphatic carbocycles. The van der Waals surface area contributed by atoms with Gasteiger partial charge in [-0.05, 0) is 25.9 Å². The molecule has 1 saturated heterocycles. The van der Waals surface area contributed by atoms with Crippen LogP contribution in [0.25, 0.3) is 0 Å². The van der Waals surface area contributed by atoms with Crippen LogP contribution in [0.3, 0.4) is 0 Å². The molecule has 1 rings (SSSR count). The molecule has 1 aliphatic heterocycles. The molecule has 68 valence electrons. The number of nitrogens with zero attached hydrogens (tertiary/aromatic N) is 1. The lowest BCUT2D eigenvalue weighted by Gasteiger charge is -2.37. The standard InChI is InChI=1S/C7H13N2OPS/c1-4-7-5-9(3)11(12,8-2)10-6-7/h1,7H,5-6H2,2-3H3,(H,8,12). The quantitative estimate of drug-likeness (QED) is 0.500. The van der Waals surface area contributed by atoms with Gasteiger partial charge in [-0.3, -0.25) is 5.09 Å². The van der Waals surface area contributed by atoms with E-state index in [9.17, 15) is 0 Å². The molecule has 0 radical (unpaired) electrons. The molecule has 2 unspecified atom stereocenters. The predicted molar refractivity (Wildman–Crippen MR) is 54.2 cm³/mol. The predicted octanol–water partition coefficient (Wildman–Crippen LogP) is 0.642. The van der Waals surface area contributed by atoms with Crippen LogP contribution in [0.4, 0.5) is 0 Å². The minimum absolute atomic E-state index is 0.180. The zero-order valence-electron chi connectivity index (χ0n) is 7.28. The monoisotopic (exact) mass is 204 g/mol. The molecule has 5 heteroatoms. The van der Waals surface area contributed by atoms with Crippen molar-refractivity contribution in [1.82, 2.24) is 9.76 Å². The smallest absolute Gasteiger partial charge is 0.200 e.